The summed E-state index contributed by atoms with van der Waals surface area (Å²) in [5.74, 6) is 0. The van der Waals surface area contributed by atoms with Crippen molar-refractivity contribution in [2.45, 2.75) is 6.92 Å². The summed E-state index contributed by atoms with van der Waals surface area (Å²) in [6, 6.07) is 0. The topological polar surface area (TPSA) is 68.6 Å². The minimum atomic E-state index is 0.322. The first-order chi connectivity index (χ1) is 5.61. The standard InChI is InChI=1S/C6H10N4O2/c1-5-6(4-7-9(2)3)10(11)12-8-5/h4H,1-3H3/b7-4-. The molecule has 0 saturated carbocycles. The van der Waals surface area contributed by atoms with Crippen LogP contribution < -0.4 is 4.90 Å². The molecule has 6 nitrogen and oxygen atoms in total. The number of hydrogen-bond donors (Lipinski definition) is 0. The lowest BCUT2D eigenvalue weighted by molar-refractivity contribution is -0.803. The summed E-state index contributed by atoms with van der Waals surface area (Å²) >= 11 is 0. The third-order valence-corrected chi connectivity index (χ3v) is 1.23. The smallest absolute Gasteiger partial charge is 0.241 e. The van der Waals surface area contributed by atoms with Crippen LogP contribution in [0.25, 0.3) is 0 Å². The average Bonchev–Trinajstić information content (AvgIpc) is 2.28. The summed E-state index contributed by atoms with van der Waals surface area (Å²) in [6.07, 6.45) is 1.40. The summed E-state index contributed by atoms with van der Waals surface area (Å²) in [6.45, 7) is 1.68. The van der Waals surface area contributed by atoms with Crippen LogP contribution in [0.5, 0.6) is 0 Å². The summed E-state index contributed by atoms with van der Waals surface area (Å²) in [7, 11) is 3.52. The molecule has 0 N–H and O–H groups in total. The van der Waals surface area contributed by atoms with E-state index >= 15 is 0 Å². The molecule has 1 aromatic heterocycles. The quantitative estimate of drug-likeness (QED) is 0.341. The van der Waals surface area contributed by atoms with E-state index in [-0.39, 0.29) is 0 Å². The van der Waals surface area contributed by atoms with Crippen LogP contribution in [0, 0.1) is 12.1 Å². The molecule has 0 aliphatic rings. The molecule has 0 unspecified atom stereocenters. The Hall–Kier alpha value is -1.59. The van der Waals surface area contributed by atoms with Gasteiger partial charge < -0.3 is 10.2 Å². The Labute approximate surface area is 69.6 Å². The third kappa shape index (κ3) is 1.71. The van der Waals surface area contributed by atoms with Gasteiger partial charge in [-0.1, -0.05) is 0 Å². The highest BCUT2D eigenvalue weighted by Crippen LogP contribution is 1.93. The van der Waals surface area contributed by atoms with Gasteiger partial charge in [0.2, 0.25) is 11.4 Å². The molecular formula is C6H10N4O2. The molecule has 0 spiro atoms. The summed E-state index contributed by atoms with van der Waals surface area (Å²) in [5, 5.41) is 19.7. The Morgan fingerprint density at radius 1 is 1.67 bits per heavy atom. The Balaban J connectivity index is 2.87. The second-order valence-electron chi connectivity index (χ2n) is 2.49. The van der Waals surface area contributed by atoms with Crippen molar-refractivity contribution >= 4 is 6.21 Å². The highest BCUT2D eigenvalue weighted by molar-refractivity contribution is 5.75. The van der Waals surface area contributed by atoms with Crippen LogP contribution in [0.1, 0.15) is 11.4 Å². The lowest BCUT2D eigenvalue weighted by atomic mass is 10.4. The van der Waals surface area contributed by atoms with Crippen molar-refractivity contribution in [3.63, 3.8) is 0 Å². The molecule has 0 saturated heterocycles. The minimum absolute atomic E-state index is 0.322. The van der Waals surface area contributed by atoms with Gasteiger partial charge in [-0.15, -0.1) is 0 Å². The summed E-state index contributed by atoms with van der Waals surface area (Å²) < 4.78 is 4.33. The van der Waals surface area contributed by atoms with Crippen molar-refractivity contribution in [3.8, 4) is 0 Å². The lowest BCUT2D eigenvalue weighted by Gasteiger charge is -2.00. The van der Waals surface area contributed by atoms with Gasteiger partial charge >= 0.3 is 0 Å². The number of aryl methyl sites for hydroxylation is 1. The van der Waals surface area contributed by atoms with E-state index in [4.69, 9.17) is 0 Å². The van der Waals surface area contributed by atoms with Crippen molar-refractivity contribution < 1.29 is 9.53 Å². The molecule has 1 heterocycles. The van der Waals surface area contributed by atoms with Crippen LogP contribution in [-0.2, 0) is 0 Å². The molecule has 1 aromatic rings. The number of rotatable bonds is 2. The van der Waals surface area contributed by atoms with E-state index in [1.807, 2.05) is 0 Å². The Bertz CT molecular complexity index is 272. The number of hydrazone groups is 1. The van der Waals surface area contributed by atoms with Crippen LogP contribution in [0.4, 0.5) is 0 Å². The fourth-order valence-corrected chi connectivity index (χ4v) is 0.632. The molecule has 0 bridgehead atoms. The maximum Gasteiger partial charge on any atom is 0.241 e. The highest BCUT2D eigenvalue weighted by Gasteiger charge is 2.10. The zero-order valence-corrected chi connectivity index (χ0v) is 7.18. The summed E-state index contributed by atoms with van der Waals surface area (Å²) in [4.78, 5) is 0.322. The molecule has 0 aromatic carbocycles. The predicted octanol–water partition coefficient (Wildman–Crippen LogP) is -0.488. The molecule has 0 amide bonds. The van der Waals surface area contributed by atoms with Crippen LogP contribution in [0.2, 0.25) is 0 Å². The van der Waals surface area contributed by atoms with Crippen LogP contribution in [0.3, 0.4) is 0 Å². The molecule has 1 rings (SSSR count). The van der Waals surface area contributed by atoms with Gasteiger partial charge in [0.1, 0.15) is 6.21 Å². The van der Waals surface area contributed by atoms with Gasteiger partial charge in [-0.2, -0.15) is 5.10 Å². The summed E-state index contributed by atoms with van der Waals surface area (Å²) in [5.41, 5.74) is 0.847. The molecule has 66 valence electrons. The SMILES string of the molecule is Cc1no[n+]([O-])c1/C=N\N(C)C. The molecular weight excluding hydrogens is 160 g/mol. The van der Waals surface area contributed by atoms with Crippen molar-refractivity contribution in [2.75, 3.05) is 14.1 Å². The van der Waals surface area contributed by atoms with Crippen LogP contribution >= 0.6 is 0 Å². The van der Waals surface area contributed by atoms with Crippen molar-refractivity contribution in [1.29, 1.82) is 0 Å². The first kappa shape index (κ1) is 8.51. The highest BCUT2D eigenvalue weighted by atomic mass is 16.8. The van der Waals surface area contributed by atoms with Gasteiger partial charge in [0.15, 0.2) is 0 Å². The van der Waals surface area contributed by atoms with Crippen molar-refractivity contribution in [1.82, 2.24) is 10.2 Å². The molecule has 0 fully saturated rings. The zero-order chi connectivity index (χ0) is 9.14. The van der Waals surface area contributed by atoms with Crippen LogP contribution in [0.15, 0.2) is 9.73 Å². The van der Waals surface area contributed by atoms with E-state index in [0.717, 1.165) is 0 Å². The second-order valence-corrected chi connectivity index (χ2v) is 2.49. The van der Waals surface area contributed by atoms with E-state index in [9.17, 15) is 5.21 Å². The molecule has 12 heavy (non-hydrogen) atoms. The zero-order valence-electron chi connectivity index (χ0n) is 7.18. The first-order valence-corrected chi connectivity index (χ1v) is 3.39. The minimum Gasteiger partial charge on any atom is -0.359 e. The first-order valence-electron chi connectivity index (χ1n) is 3.39. The van der Waals surface area contributed by atoms with E-state index in [0.29, 0.717) is 16.3 Å². The van der Waals surface area contributed by atoms with E-state index in [1.165, 1.54) is 6.21 Å². The van der Waals surface area contributed by atoms with Gasteiger partial charge in [-0.05, 0) is 4.90 Å². The molecule has 0 aliphatic heterocycles. The van der Waals surface area contributed by atoms with E-state index in [2.05, 4.69) is 14.9 Å². The number of aromatic nitrogens is 2. The normalized spacial score (nSPS) is 10.9. The molecule has 6 heteroatoms. The van der Waals surface area contributed by atoms with E-state index < -0.39 is 0 Å². The Morgan fingerprint density at radius 2 is 2.33 bits per heavy atom. The monoisotopic (exact) mass is 170 g/mol. The maximum atomic E-state index is 10.8. The van der Waals surface area contributed by atoms with Gasteiger partial charge in [-0.25, -0.2) is 0 Å². The van der Waals surface area contributed by atoms with Gasteiger partial charge in [0.25, 0.3) is 0 Å². The fraction of sp³-hybridized carbons (Fsp3) is 0.500. The van der Waals surface area contributed by atoms with Gasteiger partial charge in [0, 0.05) is 26.2 Å². The third-order valence-electron chi connectivity index (χ3n) is 1.23. The molecule has 0 radical (unpaired) electrons. The second kappa shape index (κ2) is 3.21. The Morgan fingerprint density at radius 3 is 2.75 bits per heavy atom. The Kier molecular flexibility index (Phi) is 2.27. The van der Waals surface area contributed by atoms with Gasteiger partial charge in [-0.3, -0.25) is 4.63 Å². The molecule has 0 aliphatic carbocycles. The van der Waals surface area contributed by atoms with E-state index in [1.54, 1.807) is 26.0 Å². The van der Waals surface area contributed by atoms with Gasteiger partial charge in [0.05, 0.1) is 0 Å². The average molecular weight is 170 g/mol. The fourth-order valence-electron chi connectivity index (χ4n) is 0.632. The van der Waals surface area contributed by atoms with Crippen molar-refractivity contribution in [3.05, 3.63) is 16.6 Å². The van der Waals surface area contributed by atoms with Crippen molar-refractivity contribution in [2.24, 2.45) is 5.10 Å². The number of hydrogen-bond acceptors (Lipinski definition) is 5. The largest absolute Gasteiger partial charge is 0.359 e. The molecule has 0 atom stereocenters. The number of nitrogens with zero attached hydrogens (tertiary/aromatic N) is 4. The predicted molar refractivity (Wildman–Crippen MR) is 41.5 cm³/mol. The maximum absolute atomic E-state index is 10.8. The lowest BCUT2D eigenvalue weighted by Crippen LogP contribution is -2.28. The van der Waals surface area contributed by atoms with Crippen LogP contribution in [-0.4, -0.2) is 30.5 Å².